The molecule has 5 rings (SSSR count). The number of para-hydroxylation sites is 1. The zero-order chi connectivity index (χ0) is 22.6. The normalized spacial score (nSPS) is 21.8. The molecule has 1 unspecified atom stereocenters. The van der Waals surface area contributed by atoms with Gasteiger partial charge in [-0.05, 0) is 80.8 Å². The summed E-state index contributed by atoms with van der Waals surface area (Å²) in [7, 11) is 1.63. The third kappa shape index (κ3) is 5.10. The second-order valence-electron chi connectivity index (χ2n) is 9.86. The highest BCUT2D eigenvalue weighted by Gasteiger charge is 2.32. The van der Waals surface area contributed by atoms with Gasteiger partial charge in [0, 0.05) is 25.7 Å². The molecule has 0 radical (unpaired) electrons. The molecule has 5 nitrogen and oxygen atoms in total. The Labute approximate surface area is 197 Å². The molecular formula is C28H36N2O3. The van der Waals surface area contributed by atoms with Crippen LogP contribution in [0.25, 0.3) is 0 Å². The number of methoxy groups -OCH3 is 1. The second-order valence-corrected chi connectivity index (χ2v) is 9.86. The van der Waals surface area contributed by atoms with Gasteiger partial charge in [0.25, 0.3) is 5.91 Å². The Kier molecular flexibility index (Phi) is 6.98. The molecule has 2 aromatic carbocycles. The largest absolute Gasteiger partial charge is 0.496 e. The first-order valence-corrected chi connectivity index (χ1v) is 12.6. The zero-order valence-corrected chi connectivity index (χ0v) is 19.7. The molecule has 2 saturated heterocycles. The van der Waals surface area contributed by atoms with Crippen LogP contribution in [0.15, 0.2) is 48.5 Å². The van der Waals surface area contributed by atoms with E-state index in [1.807, 2.05) is 29.2 Å². The van der Waals surface area contributed by atoms with Crippen molar-refractivity contribution in [1.82, 2.24) is 9.80 Å². The Hall–Kier alpha value is -2.37. The Morgan fingerprint density at radius 2 is 1.70 bits per heavy atom. The summed E-state index contributed by atoms with van der Waals surface area (Å²) in [6.45, 7) is 4.54. The van der Waals surface area contributed by atoms with E-state index in [-0.39, 0.29) is 12.0 Å². The van der Waals surface area contributed by atoms with E-state index in [1.54, 1.807) is 7.11 Å². The molecule has 5 heteroatoms. The van der Waals surface area contributed by atoms with E-state index >= 15 is 0 Å². The van der Waals surface area contributed by atoms with E-state index in [2.05, 4.69) is 29.2 Å². The molecule has 0 aromatic heterocycles. The Bertz CT molecular complexity index is 923. The third-order valence-electron chi connectivity index (χ3n) is 7.75. The van der Waals surface area contributed by atoms with Gasteiger partial charge in [0.05, 0.1) is 18.8 Å². The van der Waals surface area contributed by atoms with Crippen LogP contribution >= 0.6 is 0 Å². The van der Waals surface area contributed by atoms with Crippen LogP contribution in [0.5, 0.6) is 5.75 Å². The van der Waals surface area contributed by atoms with Crippen LogP contribution in [0.1, 0.15) is 47.2 Å². The summed E-state index contributed by atoms with van der Waals surface area (Å²) in [4.78, 5) is 18.3. The lowest BCUT2D eigenvalue weighted by Crippen LogP contribution is -2.46. The maximum atomic E-state index is 13.6. The van der Waals surface area contributed by atoms with Crippen LogP contribution in [-0.2, 0) is 17.6 Å². The van der Waals surface area contributed by atoms with E-state index in [1.165, 1.54) is 24.0 Å². The monoisotopic (exact) mass is 448 g/mol. The quantitative estimate of drug-likeness (QED) is 0.637. The number of fused-ring (bicyclic) bond motifs is 1. The number of carbonyl (C=O) groups excluding carboxylic acids is 1. The van der Waals surface area contributed by atoms with Crippen molar-refractivity contribution in [2.45, 2.75) is 50.7 Å². The van der Waals surface area contributed by atoms with Gasteiger partial charge in [-0.1, -0.05) is 36.4 Å². The fourth-order valence-electron chi connectivity index (χ4n) is 5.87. The molecule has 2 fully saturated rings. The molecule has 3 aliphatic rings. The minimum Gasteiger partial charge on any atom is -0.496 e. The average molecular weight is 449 g/mol. The lowest BCUT2D eigenvalue weighted by molar-refractivity contribution is 0.0428. The number of hydrogen-bond acceptors (Lipinski definition) is 4. The van der Waals surface area contributed by atoms with Crippen LogP contribution < -0.4 is 4.74 Å². The maximum Gasteiger partial charge on any atom is 0.257 e. The van der Waals surface area contributed by atoms with Gasteiger partial charge in [0.15, 0.2) is 0 Å². The minimum atomic E-state index is 0.0663. The lowest BCUT2D eigenvalue weighted by atomic mass is 9.94. The van der Waals surface area contributed by atoms with E-state index in [0.29, 0.717) is 29.8 Å². The molecule has 2 aliphatic heterocycles. The van der Waals surface area contributed by atoms with Crippen molar-refractivity contribution in [3.63, 3.8) is 0 Å². The Balaban J connectivity index is 1.22. The highest BCUT2D eigenvalue weighted by molar-refractivity contribution is 5.97. The van der Waals surface area contributed by atoms with Crippen molar-refractivity contribution in [3.8, 4) is 5.75 Å². The summed E-state index contributed by atoms with van der Waals surface area (Å²) in [6.07, 6.45) is 6.93. The van der Waals surface area contributed by atoms with Crippen molar-refractivity contribution >= 4 is 5.91 Å². The lowest BCUT2D eigenvalue weighted by Gasteiger charge is -2.38. The molecule has 1 amide bonds. The zero-order valence-electron chi connectivity index (χ0n) is 19.7. The summed E-state index contributed by atoms with van der Waals surface area (Å²) < 4.78 is 11.4. The number of amides is 1. The predicted octanol–water partition coefficient (Wildman–Crippen LogP) is 4.20. The van der Waals surface area contributed by atoms with Crippen LogP contribution in [0.3, 0.4) is 0 Å². The summed E-state index contributed by atoms with van der Waals surface area (Å²) in [5.74, 6) is 1.25. The van der Waals surface area contributed by atoms with Gasteiger partial charge >= 0.3 is 0 Å². The van der Waals surface area contributed by atoms with E-state index < -0.39 is 0 Å². The Morgan fingerprint density at radius 3 is 2.36 bits per heavy atom. The van der Waals surface area contributed by atoms with Gasteiger partial charge in [0.2, 0.25) is 0 Å². The fraction of sp³-hybridized carbons (Fsp3) is 0.536. The van der Waals surface area contributed by atoms with Crippen LogP contribution in [0.2, 0.25) is 0 Å². The van der Waals surface area contributed by atoms with Gasteiger partial charge in [-0.15, -0.1) is 0 Å². The van der Waals surface area contributed by atoms with Crippen molar-refractivity contribution in [3.05, 3.63) is 65.2 Å². The standard InChI is InChI=1S/C28H36N2O3/c1-32-27-11-5-4-10-26(27)28(31)30(20-25-9-6-16-33-25)19-21-12-14-29(15-13-21)24-17-22-7-2-3-8-23(22)18-24/h2-5,7-8,10-11,21,24-25H,6,9,12-20H2,1H3. The topological polar surface area (TPSA) is 42.0 Å². The number of piperidine rings is 1. The van der Waals surface area contributed by atoms with Crippen molar-refractivity contribution < 1.29 is 14.3 Å². The summed E-state index contributed by atoms with van der Waals surface area (Å²) in [6, 6.07) is 17.1. The van der Waals surface area contributed by atoms with Gasteiger partial charge in [-0.25, -0.2) is 0 Å². The molecule has 0 bridgehead atoms. The van der Waals surface area contributed by atoms with Crippen molar-refractivity contribution in [2.75, 3.05) is 39.9 Å². The molecule has 1 aliphatic carbocycles. The number of hydrogen-bond donors (Lipinski definition) is 0. The van der Waals surface area contributed by atoms with Crippen LogP contribution in [0, 0.1) is 5.92 Å². The molecule has 176 valence electrons. The van der Waals surface area contributed by atoms with Crippen LogP contribution in [-0.4, -0.2) is 67.7 Å². The summed E-state index contributed by atoms with van der Waals surface area (Å²) in [5.41, 5.74) is 3.70. The van der Waals surface area contributed by atoms with Crippen LogP contribution in [0.4, 0.5) is 0 Å². The number of rotatable bonds is 7. The van der Waals surface area contributed by atoms with E-state index in [9.17, 15) is 4.79 Å². The van der Waals surface area contributed by atoms with Gasteiger partial charge in [-0.2, -0.15) is 0 Å². The minimum absolute atomic E-state index is 0.0663. The van der Waals surface area contributed by atoms with E-state index in [4.69, 9.17) is 9.47 Å². The number of carbonyl (C=O) groups is 1. The SMILES string of the molecule is COc1ccccc1C(=O)N(CC1CCN(C2Cc3ccccc3C2)CC1)CC1CCCO1. The van der Waals surface area contributed by atoms with Gasteiger partial charge in [-0.3, -0.25) is 9.69 Å². The Morgan fingerprint density at radius 1 is 1.00 bits per heavy atom. The summed E-state index contributed by atoms with van der Waals surface area (Å²) >= 11 is 0. The maximum absolute atomic E-state index is 13.6. The molecule has 33 heavy (non-hydrogen) atoms. The third-order valence-corrected chi connectivity index (χ3v) is 7.75. The van der Waals surface area contributed by atoms with Gasteiger partial charge < -0.3 is 14.4 Å². The number of likely N-dealkylation sites (tertiary alicyclic amines) is 1. The number of ether oxygens (including phenoxy) is 2. The molecule has 2 heterocycles. The smallest absolute Gasteiger partial charge is 0.257 e. The predicted molar refractivity (Wildman–Crippen MR) is 130 cm³/mol. The van der Waals surface area contributed by atoms with E-state index in [0.717, 1.165) is 51.9 Å². The first-order valence-electron chi connectivity index (χ1n) is 12.6. The first kappa shape index (κ1) is 22.4. The number of benzene rings is 2. The molecule has 1 atom stereocenters. The highest BCUT2D eigenvalue weighted by Crippen LogP contribution is 2.30. The van der Waals surface area contributed by atoms with Crippen molar-refractivity contribution in [2.24, 2.45) is 5.92 Å². The molecule has 2 aromatic rings. The number of nitrogens with zero attached hydrogens (tertiary/aromatic N) is 2. The fourth-order valence-corrected chi connectivity index (χ4v) is 5.87. The molecule has 0 N–H and O–H groups in total. The molecule has 0 spiro atoms. The first-order chi connectivity index (χ1) is 16.2. The second kappa shape index (κ2) is 10.3. The highest BCUT2D eigenvalue weighted by atomic mass is 16.5. The molecular weight excluding hydrogens is 412 g/mol. The molecule has 0 saturated carbocycles. The van der Waals surface area contributed by atoms with Crippen molar-refractivity contribution in [1.29, 1.82) is 0 Å². The van der Waals surface area contributed by atoms with Gasteiger partial charge in [0.1, 0.15) is 5.75 Å². The summed E-state index contributed by atoms with van der Waals surface area (Å²) in [5, 5.41) is 0. The average Bonchev–Trinajstić information content (AvgIpc) is 3.53.